The summed E-state index contributed by atoms with van der Waals surface area (Å²) in [6, 6.07) is 14.5. The van der Waals surface area contributed by atoms with Crippen molar-refractivity contribution in [3.63, 3.8) is 0 Å². The minimum absolute atomic E-state index is 0.221. The van der Waals surface area contributed by atoms with Crippen molar-refractivity contribution in [2.45, 2.75) is 19.3 Å². The summed E-state index contributed by atoms with van der Waals surface area (Å²) >= 11 is 0. The second-order valence-electron chi connectivity index (χ2n) is 7.15. The Labute approximate surface area is 136 Å². The number of allylic oxidation sites excluding steroid dienone is 2. The van der Waals surface area contributed by atoms with E-state index in [-0.39, 0.29) is 5.92 Å². The van der Waals surface area contributed by atoms with Gasteiger partial charge in [0.25, 0.3) is 0 Å². The smallest absolute Gasteiger partial charge is 0.167 e. The molecule has 2 heteroatoms. The van der Waals surface area contributed by atoms with Crippen molar-refractivity contribution >= 4 is 16.9 Å². The average molecular weight is 301 g/mol. The van der Waals surface area contributed by atoms with E-state index < -0.39 is 0 Å². The van der Waals surface area contributed by atoms with Gasteiger partial charge >= 0.3 is 0 Å². The molecular weight excluding hydrogens is 282 g/mol. The molecule has 5 rings (SSSR count). The van der Waals surface area contributed by atoms with Gasteiger partial charge in [0.15, 0.2) is 5.78 Å². The molecule has 2 saturated carbocycles. The van der Waals surface area contributed by atoms with Crippen molar-refractivity contribution in [3.05, 3.63) is 66.0 Å². The third-order valence-electron chi connectivity index (χ3n) is 6.10. The largest absolute Gasteiger partial charge is 0.294 e. The number of ketones is 1. The molecule has 1 aromatic carbocycles. The summed E-state index contributed by atoms with van der Waals surface area (Å²) in [5.74, 6) is 2.32. The summed E-state index contributed by atoms with van der Waals surface area (Å²) in [4.78, 5) is 17.5. The Hall–Kier alpha value is -2.22. The Bertz CT molecular complexity index is 793. The second-order valence-corrected chi connectivity index (χ2v) is 7.15. The summed E-state index contributed by atoms with van der Waals surface area (Å²) in [7, 11) is 0. The van der Waals surface area contributed by atoms with Crippen LogP contribution in [0.1, 0.15) is 30.4 Å². The minimum Gasteiger partial charge on any atom is -0.294 e. The van der Waals surface area contributed by atoms with Gasteiger partial charge in [-0.25, -0.2) is 0 Å². The van der Waals surface area contributed by atoms with Crippen molar-refractivity contribution in [1.29, 1.82) is 0 Å². The molecule has 0 N–H and O–H groups in total. The molecule has 4 atom stereocenters. The molecule has 2 bridgehead atoms. The lowest BCUT2D eigenvalue weighted by molar-refractivity contribution is -0.118. The molecule has 0 amide bonds. The number of benzene rings is 1. The minimum atomic E-state index is 0.221. The van der Waals surface area contributed by atoms with Crippen LogP contribution in [0.4, 0.5) is 0 Å². The number of carbonyl (C=O) groups is 1. The van der Waals surface area contributed by atoms with E-state index in [9.17, 15) is 4.79 Å². The first-order valence-corrected chi connectivity index (χ1v) is 8.59. The number of fused-ring (bicyclic) bond motifs is 5. The first kappa shape index (κ1) is 13.2. The molecule has 0 aliphatic heterocycles. The van der Waals surface area contributed by atoms with Crippen LogP contribution in [0.5, 0.6) is 0 Å². The fourth-order valence-electron chi connectivity index (χ4n) is 5.31. The first-order chi connectivity index (χ1) is 11.3. The molecular formula is C21H19NO. The number of rotatable bonds is 2. The SMILES string of the molecule is O=C1C(c2cccnc2)=C(c2ccccc2)[C@@H]2[C@H]3CC[C@H](C3)[C@H]12. The number of pyridine rings is 1. The predicted molar refractivity (Wildman–Crippen MR) is 90.3 cm³/mol. The molecule has 2 aromatic rings. The highest BCUT2D eigenvalue weighted by Crippen LogP contribution is 2.62. The topological polar surface area (TPSA) is 30.0 Å². The normalized spacial score (nSPS) is 31.7. The number of hydrogen-bond donors (Lipinski definition) is 0. The third-order valence-corrected chi connectivity index (χ3v) is 6.10. The summed E-state index contributed by atoms with van der Waals surface area (Å²) in [5.41, 5.74) is 4.45. The Balaban J connectivity index is 1.75. The second kappa shape index (κ2) is 4.89. The van der Waals surface area contributed by atoms with Gasteiger partial charge in [0.05, 0.1) is 0 Å². The van der Waals surface area contributed by atoms with Gasteiger partial charge < -0.3 is 0 Å². The molecule has 2 nitrogen and oxygen atoms in total. The van der Waals surface area contributed by atoms with Gasteiger partial charge in [0.1, 0.15) is 0 Å². The standard InChI is InChI=1S/C21H19NO/c23-21-19-15-9-8-14(11-15)18(19)17(13-5-2-1-3-6-13)20(21)16-7-4-10-22-12-16/h1-7,10,12,14-15,18-19H,8-9,11H2/t14-,15+,18-,19-/m0/s1. The molecule has 0 spiro atoms. The van der Waals surface area contributed by atoms with E-state index in [4.69, 9.17) is 0 Å². The van der Waals surface area contributed by atoms with Gasteiger partial charge in [0.2, 0.25) is 0 Å². The maximum absolute atomic E-state index is 13.3. The van der Waals surface area contributed by atoms with Crippen LogP contribution >= 0.6 is 0 Å². The van der Waals surface area contributed by atoms with E-state index in [0.29, 0.717) is 23.5 Å². The van der Waals surface area contributed by atoms with Crippen LogP contribution < -0.4 is 0 Å². The Morgan fingerprint density at radius 2 is 1.61 bits per heavy atom. The van der Waals surface area contributed by atoms with Crippen molar-refractivity contribution in [2.75, 3.05) is 0 Å². The zero-order valence-electron chi connectivity index (χ0n) is 13.0. The molecule has 23 heavy (non-hydrogen) atoms. The Kier molecular flexibility index (Phi) is 2.81. The van der Waals surface area contributed by atoms with Crippen LogP contribution in [0.3, 0.4) is 0 Å². The monoisotopic (exact) mass is 301 g/mol. The lowest BCUT2D eigenvalue weighted by atomic mass is 9.77. The predicted octanol–water partition coefficient (Wildman–Crippen LogP) is 4.24. The zero-order valence-corrected chi connectivity index (χ0v) is 13.0. The van der Waals surface area contributed by atoms with Crippen molar-refractivity contribution in [1.82, 2.24) is 4.98 Å². The third kappa shape index (κ3) is 1.81. The highest BCUT2D eigenvalue weighted by Gasteiger charge is 2.57. The molecule has 1 heterocycles. The molecule has 1 aromatic heterocycles. The van der Waals surface area contributed by atoms with Gasteiger partial charge in [-0.3, -0.25) is 9.78 Å². The van der Waals surface area contributed by atoms with Crippen LogP contribution in [0, 0.1) is 23.7 Å². The molecule has 3 aliphatic rings. The summed E-state index contributed by atoms with van der Waals surface area (Å²) in [6.07, 6.45) is 7.39. The van der Waals surface area contributed by atoms with E-state index in [1.54, 1.807) is 6.20 Å². The summed E-state index contributed by atoms with van der Waals surface area (Å²) in [5, 5.41) is 0. The number of aromatic nitrogens is 1. The van der Waals surface area contributed by atoms with E-state index in [2.05, 4.69) is 29.2 Å². The summed E-state index contributed by atoms with van der Waals surface area (Å²) in [6.45, 7) is 0. The number of hydrogen-bond acceptors (Lipinski definition) is 2. The molecule has 2 fully saturated rings. The first-order valence-electron chi connectivity index (χ1n) is 8.59. The van der Waals surface area contributed by atoms with Gasteiger partial charge in [-0.1, -0.05) is 36.4 Å². The maximum atomic E-state index is 13.3. The van der Waals surface area contributed by atoms with Crippen molar-refractivity contribution in [2.24, 2.45) is 23.7 Å². The quantitative estimate of drug-likeness (QED) is 0.830. The molecule has 3 aliphatic carbocycles. The van der Waals surface area contributed by atoms with Crippen LogP contribution in [-0.4, -0.2) is 10.8 Å². The van der Waals surface area contributed by atoms with Crippen molar-refractivity contribution < 1.29 is 4.79 Å². The highest BCUT2D eigenvalue weighted by atomic mass is 16.1. The summed E-state index contributed by atoms with van der Waals surface area (Å²) < 4.78 is 0. The number of nitrogens with zero attached hydrogens (tertiary/aromatic N) is 1. The van der Waals surface area contributed by atoms with Gasteiger partial charge in [-0.2, -0.15) is 0 Å². The van der Waals surface area contributed by atoms with E-state index in [0.717, 1.165) is 11.1 Å². The van der Waals surface area contributed by atoms with E-state index in [1.165, 1.54) is 30.4 Å². The Morgan fingerprint density at radius 1 is 0.870 bits per heavy atom. The van der Waals surface area contributed by atoms with Gasteiger partial charge in [-0.05, 0) is 54.2 Å². The van der Waals surface area contributed by atoms with E-state index in [1.807, 2.05) is 24.4 Å². The van der Waals surface area contributed by atoms with Gasteiger partial charge in [-0.15, -0.1) is 0 Å². The van der Waals surface area contributed by atoms with Crippen LogP contribution in [0.15, 0.2) is 54.9 Å². The fourth-order valence-corrected chi connectivity index (χ4v) is 5.31. The Morgan fingerprint density at radius 3 is 2.35 bits per heavy atom. The molecule has 0 radical (unpaired) electrons. The number of carbonyl (C=O) groups excluding carboxylic acids is 1. The lowest BCUT2D eigenvalue weighted by Gasteiger charge is -2.26. The molecule has 0 saturated heterocycles. The zero-order chi connectivity index (χ0) is 15.4. The van der Waals surface area contributed by atoms with E-state index >= 15 is 0 Å². The van der Waals surface area contributed by atoms with Crippen molar-refractivity contribution in [3.8, 4) is 0 Å². The van der Waals surface area contributed by atoms with Gasteiger partial charge in [0, 0.05) is 29.4 Å². The van der Waals surface area contributed by atoms with Crippen LogP contribution in [0.2, 0.25) is 0 Å². The highest BCUT2D eigenvalue weighted by molar-refractivity contribution is 6.32. The average Bonchev–Trinajstić information content (AvgIpc) is 3.29. The van der Waals surface area contributed by atoms with Crippen LogP contribution in [0.25, 0.3) is 11.1 Å². The lowest BCUT2D eigenvalue weighted by Crippen LogP contribution is -2.24. The molecule has 0 unspecified atom stereocenters. The maximum Gasteiger partial charge on any atom is 0.167 e. The molecule has 114 valence electrons. The fraction of sp³-hybridized carbons (Fsp3) is 0.333. The van der Waals surface area contributed by atoms with Crippen LogP contribution in [-0.2, 0) is 4.79 Å². The number of Topliss-reactive ketones (excluding diaryl/α,β-unsaturated/α-hetero) is 1.